The van der Waals surface area contributed by atoms with E-state index in [9.17, 15) is 9.90 Å². The molecule has 20 heavy (non-hydrogen) atoms. The first-order valence-electron chi connectivity index (χ1n) is 6.74. The molecule has 2 rings (SSSR count). The zero-order valence-electron chi connectivity index (χ0n) is 11.2. The van der Waals surface area contributed by atoms with Crippen LogP contribution in [0.25, 0.3) is 0 Å². The lowest BCUT2D eigenvalue weighted by Crippen LogP contribution is -2.42. The van der Waals surface area contributed by atoms with Gasteiger partial charge in [-0.2, -0.15) is 5.26 Å². The molecule has 0 heterocycles. The molecule has 0 bridgehead atoms. The number of hydrogen-bond donors (Lipinski definition) is 2. The van der Waals surface area contributed by atoms with Gasteiger partial charge in [0.05, 0.1) is 18.1 Å². The minimum Gasteiger partial charge on any atom is -0.445 e. The van der Waals surface area contributed by atoms with Gasteiger partial charge in [0.25, 0.3) is 0 Å². The van der Waals surface area contributed by atoms with E-state index in [1.165, 1.54) is 0 Å². The zero-order valence-corrected chi connectivity index (χ0v) is 11.2. The van der Waals surface area contributed by atoms with Gasteiger partial charge in [0, 0.05) is 6.04 Å². The summed E-state index contributed by atoms with van der Waals surface area (Å²) in [5, 5.41) is 21.3. The number of amides is 1. The fraction of sp³-hybridized carbons (Fsp3) is 0.467. The van der Waals surface area contributed by atoms with Crippen LogP contribution in [0.2, 0.25) is 0 Å². The number of nitrogens with zero attached hydrogens (tertiary/aromatic N) is 1. The average molecular weight is 274 g/mol. The molecule has 1 fully saturated rings. The molecule has 1 aromatic rings. The monoisotopic (exact) mass is 274 g/mol. The molecule has 0 radical (unpaired) electrons. The SMILES string of the molecule is N#C[C@H]1CC[C@H](NC(=O)OCc2ccccc2)C[C@@H]1O. The summed E-state index contributed by atoms with van der Waals surface area (Å²) in [6, 6.07) is 11.4. The average Bonchev–Trinajstić information content (AvgIpc) is 2.46. The Morgan fingerprint density at radius 1 is 1.40 bits per heavy atom. The molecule has 5 heteroatoms. The number of carbonyl (C=O) groups is 1. The van der Waals surface area contributed by atoms with Gasteiger partial charge in [-0.1, -0.05) is 30.3 Å². The molecule has 1 saturated carbocycles. The largest absolute Gasteiger partial charge is 0.445 e. The van der Waals surface area contributed by atoms with Crippen molar-refractivity contribution in [3.63, 3.8) is 0 Å². The number of nitrogens with one attached hydrogen (secondary N) is 1. The molecule has 1 aliphatic carbocycles. The number of hydrogen-bond acceptors (Lipinski definition) is 4. The molecule has 2 N–H and O–H groups in total. The van der Waals surface area contributed by atoms with Crippen molar-refractivity contribution in [1.29, 1.82) is 5.26 Å². The van der Waals surface area contributed by atoms with Crippen LogP contribution < -0.4 is 5.32 Å². The summed E-state index contributed by atoms with van der Waals surface area (Å²) in [4.78, 5) is 11.7. The van der Waals surface area contributed by atoms with Crippen molar-refractivity contribution < 1.29 is 14.6 Å². The molecular formula is C15H18N2O3. The van der Waals surface area contributed by atoms with Crippen molar-refractivity contribution in [3.05, 3.63) is 35.9 Å². The van der Waals surface area contributed by atoms with Crippen molar-refractivity contribution in [2.24, 2.45) is 5.92 Å². The number of ether oxygens (including phenoxy) is 1. The molecule has 1 aliphatic rings. The lowest BCUT2D eigenvalue weighted by molar-refractivity contribution is 0.0743. The van der Waals surface area contributed by atoms with E-state index in [4.69, 9.17) is 10.00 Å². The predicted molar refractivity (Wildman–Crippen MR) is 72.5 cm³/mol. The summed E-state index contributed by atoms with van der Waals surface area (Å²) in [5.41, 5.74) is 0.927. The van der Waals surface area contributed by atoms with Crippen LogP contribution in [0.5, 0.6) is 0 Å². The first-order chi connectivity index (χ1) is 9.69. The van der Waals surface area contributed by atoms with Crippen LogP contribution in [-0.2, 0) is 11.3 Å². The second-order valence-electron chi connectivity index (χ2n) is 5.02. The van der Waals surface area contributed by atoms with E-state index < -0.39 is 12.2 Å². The fourth-order valence-corrected chi connectivity index (χ4v) is 2.36. The van der Waals surface area contributed by atoms with Gasteiger partial charge in [0.1, 0.15) is 6.61 Å². The highest BCUT2D eigenvalue weighted by atomic mass is 16.5. The van der Waals surface area contributed by atoms with Crippen molar-refractivity contribution in [2.75, 3.05) is 0 Å². The summed E-state index contributed by atoms with van der Waals surface area (Å²) < 4.78 is 5.12. The zero-order chi connectivity index (χ0) is 14.4. The van der Waals surface area contributed by atoms with Gasteiger partial charge in [-0.3, -0.25) is 0 Å². The van der Waals surface area contributed by atoms with Crippen LogP contribution in [0.15, 0.2) is 30.3 Å². The Kier molecular flexibility index (Phi) is 4.97. The van der Waals surface area contributed by atoms with Crippen LogP contribution >= 0.6 is 0 Å². The minimum atomic E-state index is -0.673. The summed E-state index contributed by atoms with van der Waals surface area (Å²) in [5.74, 6) is -0.326. The first kappa shape index (κ1) is 14.4. The summed E-state index contributed by atoms with van der Waals surface area (Å²) in [6.45, 7) is 0.225. The highest BCUT2D eigenvalue weighted by Crippen LogP contribution is 2.24. The Morgan fingerprint density at radius 3 is 2.80 bits per heavy atom. The number of rotatable bonds is 3. The molecule has 0 saturated heterocycles. The first-order valence-corrected chi connectivity index (χ1v) is 6.74. The molecular weight excluding hydrogens is 256 g/mol. The molecule has 1 aromatic carbocycles. The Bertz CT molecular complexity index is 484. The van der Waals surface area contributed by atoms with Gasteiger partial charge in [-0.15, -0.1) is 0 Å². The normalized spacial score (nSPS) is 25.5. The van der Waals surface area contributed by atoms with E-state index in [-0.39, 0.29) is 18.6 Å². The Morgan fingerprint density at radius 2 is 2.15 bits per heavy atom. The quantitative estimate of drug-likeness (QED) is 0.882. The second kappa shape index (κ2) is 6.92. The van der Waals surface area contributed by atoms with Gasteiger partial charge in [0.2, 0.25) is 0 Å². The minimum absolute atomic E-state index is 0.127. The van der Waals surface area contributed by atoms with Gasteiger partial charge < -0.3 is 15.2 Å². The van der Waals surface area contributed by atoms with E-state index in [0.29, 0.717) is 19.3 Å². The molecule has 106 valence electrons. The van der Waals surface area contributed by atoms with Crippen LogP contribution in [0, 0.1) is 17.2 Å². The number of aliphatic hydroxyl groups is 1. The maximum atomic E-state index is 11.7. The molecule has 0 aromatic heterocycles. The molecule has 5 nitrogen and oxygen atoms in total. The molecule has 1 amide bonds. The van der Waals surface area contributed by atoms with Gasteiger partial charge in [-0.05, 0) is 24.8 Å². The maximum absolute atomic E-state index is 11.7. The van der Waals surface area contributed by atoms with Crippen LogP contribution in [0.4, 0.5) is 4.79 Å². The Labute approximate surface area is 118 Å². The number of alkyl carbamates (subject to hydrolysis) is 1. The standard InChI is InChI=1S/C15H18N2O3/c16-9-12-6-7-13(8-14(12)18)17-15(19)20-10-11-4-2-1-3-5-11/h1-5,12-14,18H,6-8,10H2,(H,17,19)/t12-,13+,14+/m1/s1. The van der Waals surface area contributed by atoms with E-state index in [1.54, 1.807) is 0 Å². The van der Waals surface area contributed by atoms with Crippen molar-refractivity contribution >= 4 is 6.09 Å². The third-order valence-corrected chi connectivity index (χ3v) is 3.52. The third-order valence-electron chi connectivity index (χ3n) is 3.52. The smallest absolute Gasteiger partial charge is 0.407 e. The van der Waals surface area contributed by atoms with Crippen molar-refractivity contribution in [1.82, 2.24) is 5.32 Å². The van der Waals surface area contributed by atoms with Crippen LogP contribution in [0.3, 0.4) is 0 Å². The lowest BCUT2D eigenvalue weighted by atomic mass is 9.84. The topological polar surface area (TPSA) is 82.4 Å². The Balaban J connectivity index is 1.74. The van der Waals surface area contributed by atoms with E-state index in [2.05, 4.69) is 11.4 Å². The van der Waals surface area contributed by atoms with Crippen molar-refractivity contribution in [3.8, 4) is 6.07 Å². The van der Waals surface area contributed by atoms with E-state index in [0.717, 1.165) is 5.56 Å². The molecule has 0 aliphatic heterocycles. The van der Waals surface area contributed by atoms with Gasteiger partial charge in [0.15, 0.2) is 0 Å². The van der Waals surface area contributed by atoms with Crippen LogP contribution in [-0.4, -0.2) is 23.3 Å². The number of benzene rings is 1. The Hall–Kier alpha value is -2.06. The second-order valence-corrected chi connectivity index (χ2v) is 5.02. The molecule has 0 spiro atoms. The number of carbonyl (C=O) groups excluding carboxylic acids is 1. The van der Waals surface area contributed by atoms with Gasteiger partial charge >= 0.3 is 6.09 Å². The summed E-state index contributed by atoms with van der Waals surface area (Å²) >= 11 is 0. The molecule has 0 unspecified atom stereocenters. The highest BCUT2D eigenvalue weighted by molar-refractivity contribution is 5.67. The lowest BCUT2D eigenvalue weighted by Gasteiger charge is -2.29. The highest BCUT2D eigenvalue weighted by Gasteiger charge is 2.29. The maximum Gasteiger partial charge on any atom is 0.407 e. The summed E-state index contributed by atoms with van der Waals surface area (Å²) in [7, 11) is 0. The van der Waals surface area contributed by atoms with E-state index in [1.807, 2.05) is 30.3 Å². The van der Waals surface area contributed by atoms with Crippen LogP contribution in [0.1, 0.15) is 24.8 Å². The predicted octanol–water partition coefficient (Wildman–Crippen LogP) is 1.97. The molecule has 3 atom stereocenters. The number of aliphatic hydroxyl groups excluding tert-OH is 1. The number of nitriles is 1. The van der Waals surface area contributed by atoms with E-state index >= 15 is 0 Å². The third kappa shape index (κ3) is 3.97. The van der Waals surface area contributed by atoms with Crippen molar-refractivity contribution in [2.45, 2.75) is 38.0 Å². The summed E-state index contributed by atoms with van der Waals surface area (Å²) in [6.07, 6.45) is 0.532. The fourth-order valence-electron chi connectivity index (χ4n) is 2.36. The van der Waals surface area contributed by atoms with Gasteiger partial charge in [-0.25, -0.2) is 4.79 Å².